The van der Waals surface area contributed by atoms with Crippen molar-refractivity contribution in [3.8, 4) is 0 Å². The van der Waals surface area contributed by atoms with Crippen molar-refractivity contribution in [1.82, 2.24) is 15.1 Å². The molecular formula is C13H22N4. The van der Waals surface area contributed by atoms with E-state index in [9.17, 15) is 0 Å². The Hall–Kier alpha value is -1.16. The van der Waals surface area contributed by atoms with Gasteiger partial charge in [0.15, 0.2) is 0 Å². The number of piperidine rings is 1. The van der Waals surface area contributed by atoms with Gasteiger partial charge < -0.3 is 10.2 Å². The summed E-state index contributed by atoms with van der Waals surface area (Å²) in [6.07, 6.45) is 4.08. The van der Waals surface area contributed by atoms with E-state index in [0.29, 0.717) is 6.04 Å². The van der Waals surface area contributed by atoms with Crippen LogP contribution >= 0.6 is 0 Å². The van der Waals surface area contributed by atoms with Crippen LogP contribution in [0.5, 0.6) is 0 Å². The number of anilines is 1. The molecule has 1 aromatic heterocycles. The van der Waals surface area contributed by atoms with Gasteiger partial charge in [-0.3, -0.25) is 0 Å². The first-order valence-electron chi connectivity index (χ1n) is 6.53. The van der Waals surface area contributed by atoms with Crippen LogP contribution in [0.4, 0.5) is 5.82 Å². The van der Waals surface area contributed by atoms with Crippen LogP contribution in [-0.4, -0.2) is 40.8 Å². The summed E-state index contributed by atoms with van der Waals surface area (Å²) in [5.41, 5.74) is 0.958. The fraction of sp³-hybridized carbons (Fsp3) is 0.692. The lowest BCUT2D eigenvalue weighted by Gasteiger charge is -2.29. The third-order valence-corrected chi connectivity index (χ3v) is 3.17. The van der Waals surface area contributed by atoms with E-state index in [-0.39, 0.29) is 0 Å². The normalized spacial score (nSPS) is 18.9. The zero-order valence-corrected chi connectivity index (χ0v) is 10.8. The fourth-order valence-electron chi connectivity index (χ4n) is 2.30. The number of aryl methyl sites for hydroxylation is 1. The van der Waals surface area contributed by atoms with E-state index < -0.39 is 0 Å². The number of nitrogens with one attached hydrogen (secondary N) is 1. The highest BCUT2D eigenvalue weighted by molar-refractivity contribution is 5.33. The molecule has 1 aliphatic rings. The molecule has 0 spiro atoms. The zero-order valence-electron chi connectivity index (χ0n) is 10.8. The minimum Gasteiger partial charge on any atom is -0.365 e. The third kappa shape index (κ3) is 3.97. The highest BCUT2D eigenvalue weighted by atomic mass is 15.2. The molecule has 0 aliphatic carbocycles. The first-order chi connectivity index (χ1) is 8.24. The molecule has 1 unspecified atom stereocenters. The molecule has 0 saturated carbocycles. The molecule has 4 nitrogen and oxygen atoms in total. The van der Waals surface area contributed by atoms with E-state index in [1.54, 1.807) is 0 Å². The SMILES string of the molecule is Cc1ccc(NC(C)CN2CCCCC2)nn1. The van der Waals surface area contributed by atoms with Gasteiger partial charge in [0.1, 0.15) is 5.82 Å². The molecular weight excluding hydrogens is 212 g/mol. The lowest BCUT2D eigenvalue weighted by atomic mass is 10.1. The maximum Gasteiger partial charge on any atom is 0.148 e. The molecule has 1 N–H and O–H groups in total. The molecule has 1 fully saturated rings. The van der Waals surface area contributed by atoms with Gasteiger partial charge in [-0.15, -0.1) is 5.10 Å². The van der Waals surface area contributed by atoms with Gasteiger partial charge in [0, 0.05) is 12.6 Å². The summed E-state index contributed by atoms with van der Waals surface area (Å²) < 4.78 is 0. The summed E-state index contributed by atoms with van der Waals surface area (Å²) in [5, 5.41) is 11.6. The monoisotopic (exact) mass is 234 g/mol. The average Bonchev–Trinajstić information content (AvgIpc) is 2.33. The van der Waals surface area contributed by atoms with Gasteiger partial charge in [0.25, 0.3) is 0 Å². The Morgan fingerprint density at radius 1 is 1.24 bits per heavy atom. The summed E-state index contributed by atoms with van der Waals surface area (Å²) in [4.78, 5) is 2.53. The van der Waals surface area contributed by atoms with E-state index in [4.69, 9.17) is 0 Å². The van der Waals surface area contributed by atoms with Crippen molar-refractivity contribution in [2.45, 2.75) is 39.2 Å². The largest absolute Gasteiger partial charge is 0.365 e. The van der Waals surface area contributed by atoms with Crippen LogP contribution in [0.2, 0.25) is 0 Å². The van der Waals surface area contributed by atoms with Crippen LogP contribution in [-0.2, 0) is 0 Å². The summed E-state index contributed by atoms with van der Waals surface area (Å²) in [6, 6.07) is 4.41. The Kier molecular flexibility index (Phi) is 4.31. The van der Waals surface area contributed by atoms with Gasteiger partial charge >= 0.3 is 0 Å². The van der Waals surface area contributed by atoms with Gasteiger partial charge in [-0.25, -0.2) is 0 Å². The van der Waals surface area contributed by atoms with Crippen LogP contribution < -0.4 is 5.32 Å². The van der Waals surface area contributed by atoms with Crippen LogP contribution in [0.15, 0.2) is 12.1 Å². The number of aromatic nitrogens is 2. The first-order valence-corrected chi connectivity index (χ1v) is 6.53. The highest BCUT2D eigenvalue weighted by Gasteiger charge is 2.13. The smallest absolute Gasteiger partial charge is 0.148 e. The fourth-order valence-corrected chi connectivity index (χ4v) is 2.30. The highest BCUT2D eigenvalue weighted by Crippen LogP contribution is 2.10. The van der Waals surface area contributed by atoms with Crippen LogP contribution in [0.25, 0.3) is 0 Å². The Balaban J connectivity index is 1.79. The second-order valence-corrected chi connectivity index (χ2v) is 4.97. The van der Waals surface area contributed by atoms with Gasteiger partial charge in [-0.2, -0.15) is 5.10 Å². The summed E-state index contributed by atoms with van der Waals surface area (Å²) in [7, 11) is 0. The molecule has 0 aromatic carbocycles. The predicted molar refractivity (Wildman–Crippen MR) is 70.1 cm³/mol. The van der Waals surface area contributed by atoms with Crippen LogP contribution in [0.3, 0.4) is 0 Å². The van der Waals surface area contributed by atoms with Gasteiger partial charge in [0.2, 0.25) is 0 Å². The summed E-state index contributed by atoms with van der Waals surface area (Å²) in [6.45, 7) is 7.73. The molecule has 1 atom stereocenters. The van der Waals surface area contributed by atoms with E-state index in [1.165, 1.54) is 32.4 Å². The number of rotatable bonds is 4. The number of likely N-dealkylation sites (tertiary alicyclic amines) is 1. The van der Waals surface area contributed by atoms with Crippen molar-refractivity contribution in [1.29, 1.82) is 0 Å². The van der Waals surface area contributed by atoms with Crippen LogP contribution in [0, 0.1) is 6.92 Å². The Morgan fingerprint density at radius 3 is 2.65 bits per heavy atom. The van der Waals surface area contributed by atoms with Crippen LogP contribution in [0.1, 0.15) is 31.9 Å². The van der Waals surface area contributed by atoms with Gasteiger partial charge in [0.05, 0.1) is 5.69 Å². The minimum atomic E-state index is 0.421. The van der Waals surface area contributed by atoms with Crippen molar-refractivity contribution in [2.75, 3.05) is 25.0 Å². The predicted octanol–water partition coefficient (Wildman–Crippen LogP) is 2.07. The topological polar surface area (TPSA) is 41.0 Å². The lowest BCUT2D eigenvalue weighted by molar-refractivity contribution is 0.223. The third-order valence-electron chi connectivity index (χ3n) is 3.17. The molecule has 0 bridgehead atoms. The standard InChI is InChI=1S/C13H22N4/c1-11-6-7-13(16-15-11)14-12(2)10-17-8-4-3-5-9-17/h6-7,12H,3-5,8-10H2,1-2H3,(H,14,16). The average molecular weight is 234 g/mol. The second-order valence-electron chi connectivity index (χ2n) is 4.97. The number of nitrogens with zero attached hydrogens (tertiary/aromatic N) is 3. The lowest BCUT2D eigenvalue weighted by Crippen LogP contribution is -2.38. The molecule has 4 heteroatoms. The number of hydrogen-bond acceptors (Lipinski definition) is 4. The quantitative estimate of drug-likeness (QED) is 0.866. The van der Waals surface area contributed by atoms with Crippen molar-refractivity contribution in [2.24, 2.45) is 0 Å². The van der Waals surface area contributed by atoms with Gasteiger partial charge in [-0.05, 0) is 51.9 Å². The molecule has 17 heavy (non-hydrogen) atoms. The molecule has 0 amide bonds. The summed E-state index contributed by atoms with van der Waals surface area (Å²) >= 11 is 0. The minimum absolute atomic E-state index is 0.421. The first kappa shape index (κ1) is 12.3. The molecule has 1 saturated heterocycles. The van der Waals surface area contributed by atoms with Crippen molar-refractivity contribution >= 4 is 5.82 Å². The molecule has 2 heterocycles. The van der Waals surface area contributed by atoms with Crippen molar-refractivity contribution in [3.05, 3.63) is 17.8 Å². The van der Waals surface area contributed by atoms with E-state index in [1.807, 2.05) is 19.1 Å². The number of hydrogen-bond donors (Lipinski definition) is 1. The maximum absolute atomic E-state index is 4.13. The van der Waals surface area contributed by atoms with E-state index in [0.717, 1.165) is 18.1 Å². The van der Waals surface area contributed by atoms with Gasteiger partial charge in [-0.1, -0.05) is 6.42 Å². The van der Waals surface area contributed by atoms with E-state index >= 15 is 0 Å². The Morgan fingerprint density at radius 2 is 2.00 bits per heavy atom. The van der Waals surface area contributed by atoms with Crippen molar-refractivity contribution in [3.63, 3.8) is 0 Å². The van der Waals surface area contributed by atoms with Crippen molar-refractivity contribution < 1.29 is 0 Å². The Labute approximate surface area is 103 Å². The second kappa shape index (κ2) is 5.96. The summed E-state index contributed by atoms with van der Waals surface area (Å²) in [5.74, 6) is 0.875. The molecule has 1 aliphatic heterocycles. The molecule has 94 valence electrons. The van der Waals surface area contributed by atoms with E-state index in [2.05, 4.69) is 27.3 Å². The molecule has 0 radical (unpaired) electrons. The zero-order chi connectivity index (χ0) is 12.1. The maximum atomic E-state index is 4.13. The molecule has 1 aromatic rings. The molecule has 2 rings (SSSR count). The Bertz CT molecular complexity index is 330.